The summed E-state index contributed by atoms with van der Waals surface area (Å²) in [6.45, 7) is 4.13. The molecule has 1 heterocycles. The van der Waals surface area contributed by atoms with Crippen molar-refractivity contribution in [3.63, 3.8) is 0 Å². The first-order valence-electron chi connectivity index (χ1n) is 9.70. The van der Waals surface area contributed by atoms with Gasteiger partial charge in [-0.15, -0.1) is 0 Å². The molecule has 1 unspecified atom stereocenters. The second-order valence-corrected chi connectivity index (χ2v) is 8.53. The molecule has 1 aliphatic carbocycles. The highest BCUT2D eigenvalue weighted by molar-refractivity contribution is 7.80. The van der Waals surface area contributed by atoms with Crippen LogP contribution in [0.4, 0.5) is 5.69 Å². The van der Waals surface area contributed by atoms with E-state index in [1.165, 1.54) is 44.9 Å². The van der Waals surface area contributed by atoms with Gasteiger partial charge in [-0.05, 0) is 62.5 Å². The van der Waals surface area contributed by atoms with Crippen LogP contribution in [0.2, 0.25) is 5.02 Å². The van der Waals surface area contributed by atoms with Crippen molar-refractivity contribution in [2.45, 2.75) is 64.0 Å². The molecule has 1 saturated carbocycles. The number of rotatable bonds is 3. The number of quaternary nitrogens is 1. The van der Waals surface area contributed by atoms with Gasteiger partial charge in [0.1, 0.15) is 0 Å². The molecule has 2 fully saturated rings. The van der Waals surface area contributed by atoms with Crippen molar-refractivity contribution in [2.24, 2.45) is 0 Å². The number of benzene rings is 1. The van der Waals surface area contributed by atoms with E-state index in [-0.39, 0.29) is 0 Å². The topological polar surface area (TPSA) is 19.7 Å². The van der Waals surface area contributed by atoms with Crippen LogP contribution >= 0.6 is 23.8 Å². The van der Waals surface area contributed by atoms with Crippen LogP contribution in [-0.2, 0) is 0 Å². The number of likely N-dealkylation sites (tertiary alicyclic amines) is 1. The largest absolute Gasteiger partial charge is 0.349 e. The van der Waals surface area contributed by atoms with Crippen LogP contribution in [0.25, 0.3) is 0 Å². The highest BCUT2D eigenvalue weighted by atomic mass is 35.5. The minimum absolute atomic E-state index is 0.782. The van der Waals surface area contributed by atoms with Gasteiger partial charge in [0.2, 0.25) is 0 Å². The van der Waals surface area contributed by atoms with Crippen molar-refractivity contribution in [2.75, 3.05) is 25.5 Å². The summed E-state index contributed by atoms with van der Waals surface area (Å²) in [5.74, 6) is 0. The molecule has 25 heavy (non-hydrogen) atoms. The SMILES string of the molecule is Cc1ccc(NC(=S)N2CCC([NH+](C)C3CCCCC3)CC2)cc1Cl. The van der Waals surface area contributed by atoms with Crippen LogP contribution in [0.5, 0.6) is 0 Å². The molecular formula is C20H31ClN3S+. The Hall–Kier alpha value is -0.840. The summed E-state index contributed by atoms with van der Waals surface area (Å²) < 4.78 is 0. The molecule has 138 valence electrons. The molecule has 0 amide bonds. The fourth-order valence-corrected chi connectivity index (χ4v) is 4.78. The first-order chi connectivity index (χ1) is 12.0. The number of aryl methyl sites for hydroxylation is 1. The highest BCUT2D eigenvalue weighted by Crippen LogP contribution is 2.21. The molecule has 0 bridgehead atoms. The molecule has 2 N–H and O–H groups in total. The maximum atomic E-state index is 6.21. The van der Waals surface area contributed by atoms with Gasteiger partial charge in [0.05, 0.1) is 19.1 Å². The Morgan fingerprint density at radius 2 is 1.76 bits per heavy atom. The van der Waals surface area contributed by atoms with Crippen molar-refractivity contribution in [1.82, 2.24) is 4.90 Å². The third-order valence-corrected chi connectivity index (χ3v) is 6.87. The number of nitrogens with one attached hydrogen (secondary N) is 2. The van der Waals surface area contributed by atoms with Gasteiger partial charge in [0.15, 0.2) is 5.11 Å². The molecule has 1 aromatic rings. The molecule has 1 atom stereocenters. The predicted molar refractivity (Wildman–Crippen MR) is 111 cm³/mol. The first-order valence-corrected chi connectivity index (χ1v) is 10.5. The standard InChI is InChI=1S/C20H30ClN3S/c1-15-8-9-16(14-19(15)21)22-20(25)24-12-10-18(11-13-24)23(2)17-6-4-3-5-7-17/h8-9,14,17-18H,3-7,10-13H2,1-2H3,(H,22,25)/p+1. The van der Waals surface area contributed by atoms with Crippen molar-refractivity contribution >= 4 is 34.6 Å². The van der Waals surface area contributed by atoms with Crippen LogP contribution in [0.1, 0.15) is 50.5 Å². The summed E-state index contributed by atoms with van der Waals surface area (Å²) in [6.07, 6.45) is 9.59. The average Bonchev–Trinajstić information content (AvgIpc) is 2.65. The van der Waals surface area contributed by atoms with Gasteiger partial charge in [-0.1, -0.05) is 24.1 Å². The summed E-state index contributed by atoms with van der Waals surface area (Å²) in [7, 11) is 2.42. The van der Waals surface area contributed by atoms with Gasteiger partial charge in [-0.3, -0.25) is 0 Å². The Balaban J connectivity index is 1.49. The fraction of sp³-hybridized carbons (Fsp3) is 0.650. The molecule has 0 aromatic heterocycles. The summed E-state index contributed by atoms with van der Waals surface area (Å²) >= 11 is 11.8. The Labute approximate surface area is 162 Å². The van der Waals surface area contributed by atoms with E-state index < -0.39 is 0 Å². The lowest BCUT2D eigenvalue weighted by Crippen LogP contribution is -3.17. The van der Waals surface area contributed by atoms with E-state index in [1.54, 1.807) is 4.90 Å². The van der Waals surface area contributed by atoms with Crippen LogP contribution in [0, 0.1) is 6.92 Å². The normalized spacial score (nSPS) is 21.2. The lowest BCUT2D eigenvalue weighted by molar-refractivity contribution is -0.933. The summed E-state index contributed by atoms with van der Waals surface area (Å²) in [4.78, 5) is 4.08. The van der Waals surface area contributed by atoms with Gasteiger partial charge < -0.3 is 15.1 Å². The Morgan fingerprint density at radius 1 is 1.12 bits per heavy atom. The monoisotopic (exact) mass is 380 g/mol. The summed E-state index contributed by atoms with van der Waals surface area (Å²) in [5, 5.41) is 4.96. The number of piperidine rings is 1. The molecule has 1 aromatic carbocycles. The van der Waals surface area contributed by atoms with E-state index >= 15 is 0 Å². The lowest BCUT2D eigenvalue weighted by Gasteiger charge is -2.39. The number of anilines is 1. The third-order valence-electron chi connectivity index (χ3n) is 6.10. The van der Waals surface area contributed by atoms with Crippen LogP contribution < -0.4 is 10.2 Å². The molecule has 0 radical (unpaired) electrons. The van der Waals surface area contributed by atoms with E-state index in [0.717, 1.165) is 46.6 Å². The Morgan fingerprint density at radius 3 is 2.40 bits per heavy atom. The zero-order valence-corrected chi connectivity index (χ0v) is 17.1. The van der Waals surface area contributed by atoms with Crippen LogP contribution in [0.3, 0.4) is 0 Å². The number of halogens is 1. The van der Waals surface area contributed by atoms with Crippen LogP contribution in [0.15, 0.2) is 18.2 Å². The molecule has 3 nitrogen and oxygen atoms in total. The van der Waals surface area contributed by atoms with Gasteiger partial charge in [-0.2, -0.15) is 0 Å². The third kappa shape index (κ3) is 4.87. The van der Waals surface area contributed by atoms with E-state index in [2.05, 4.69) is 17.3 Å². The molecule has 1 saturated heterocycles. The van der Waals surface area contributed by atoms with E-state index in [9.17, 15) is 0 Å². The summed E-state index contributed by atoms with van der Waals surface area (Å²) in [6, 6.07) is 7.70. The number of hydrogen-bond acceptors (Lipinski definition) is 1. The molecule has 1 aliphatic heterocycles. The highest BCUT2D eigenvalue weighted by Gasteiger charge is 2.31. The van der Waals surface area contributed by atoms with Gasteiger partial charge in [0, 0.05) is 36.6 Å². The molecule has 2 aliphatic rings. The predicted octanol–water partition coefficient (Wildman–Crippen LogP) is 3.66. The van der Waals surface area contributed by atoms with Gasteiger partial charge in [0.25, 0.3) is 0 Å². The zero-order chi connectivity index (χ0) is 17.8. The van der Waals surface area contributed by atoms with Gasteiger partial charge in [-0.25, -0.2) is 0 Å². The average molecular weight is 381 g/mol. The lowest BCUT2D eigenvalue weighted by atomic mass is 9.92. The van der Waals surface area contributed by atoms with Crippen molar-refractivity contribution in [3.8, 4) is 0 Å². The van der Waals surface area contributed by atoms with E-state index in [4.69, 9.17) is 23.8 Å². The smallest absolute Gasteiger partial charge is 0.173 e. The molecule has 0 spiro atoms. The maximum Gasteiger partial charge on any atom is 0.173 e. The Kier molecular flexibility index (Phi) is 6.59. The van der Waals surface area contributed by atoms with E-state index in [1.807, 2.05) is 25.1 Å². The number of nitrogens with zero attached hydrogens (tertiary/aromatic N) is 1. The number of thiocarbonyl (C=S) groups is 1. The Bertz CT molecular complexity index is 593. The fourth-order valence-electron chi connectivity index (χ4n) is 4.30. The second kappa shape index (κ2) is 8.70. The molecular weight excluding hydrogens is 350 g/mol. The van der Waals surface area contributed by atoms with Crippen molar-refractivity contribution < 1.29 is 4.90 Å². The molecule has 3 rings (SSSR count). The maximum absolute atomic E-state index is 6.21. The minimum Gasteiger partial charge on any atom is -0.349 e. The second-order valence-electron chi connectivity index (χ2n) is 7.73. The molecule has 5 heteroatoms. The van der Waals surface area contributed by atoms with Gasteiger partial charge >= 0.3 is 0 Å². The van der Waals surface area contributed by atoms with Crippen LogP contribution in [-0.4, -0.2) is 42.2 Å². The van der Waals surface area contributed by atoms with Crippen molar-refractivity contribution in [1.29, 1.82) is 0 Å². The zero-order valence-electron chi connectivity index (χ0n) is 15.5. The summed E-state index contributed by atoms with van der Waals surface area (Å²) in [5.41, 5.74) is 2.07. The first kappa shape index (κ1) is 18.9. The minimum atomic E-state index is 0.782. The van der Waals surface area contributed by atoms with Crippen molar-refractivity contribution in [3.05, 3.63) is 28.8 Å². The van der Waals surface area contributed by atoms with E-state index in [0.29, 0.717) is 0 Å². The quantitative estimate of drug-likeness (QED) is 0.781. The number of hydrogen-bond donors (Lipinski definition) is 2.